The van der Waals surface area contributed by atoms with E-state index in [1.54, 1.807) is 12.1 Å². The van der Waals surface area contributed by atoms with Crippen molar-refractivity contribution in [2.24, 2.45) is 0 Å². The van der Waals surface area contributed by atoms with E-state index in [1.165, 1.54) is 12.8 Å². The van der Waals surface area contributed by atoms with Crippen molar-refractivity contribution < 1.29 is 4.39 Å². The van der Waals surface area contributed by atoms with E-state index >= 15 is 0 Å². The predicted molar refractivity (Wildman–Crippen MR) is 80.7 cm³/mol. The Balaban J connectivity index is 2.08. The summed E-state index contributed by atoms with van der Waals surface area (Å²) < 4.78 is 14.8. The summed E-state index contributed by atoms with van der Waals surface area (Å²) in [7, 11) is 0. The lowest BCUT2D eigenvalue weighted by Gasteiger charge is -2.34. The minimum atomic E-state index is -0.104. The number of benzene rings is 1. The number of piperidine rings is 1. The van der Waals surface area contributed by atoms with Crippen molar-refractivity contribution >= 4 is 15.9 Å². The van der Waals surface area contributed by atoms with Crippen LogP contribution in [0.25, 0.3) is 0 Å². The Morgan fingerprint density at radius 3 is 3.00 bits per heavy atom. The third-order valence-corrected chi connectivity index (χ3v) is 4.17. The SMILES string of the molecule is CCCN(Cc1cc(Br)ccc1F)C1CCCNC1. The molecule has 1 aromatic carbocycles. The van der Waals surface area contributed by atoms with Crippen LogP contribution in [-0.2, 0) is 6.54 Å². The van der Waals surface area contributed by atoms with Gasteiger partial charge in [-0.2, -0.15) is 0 Å². The van der Waals surface area contributed by atoms with Crippen LogP contribution in [-0.4, -0.2) is 30.6 Å². The normalized spacial score (nSPS) is 19.9. The molecule has 1 unspecified atom stereocenters. The second-order valence-electron chi connectivity index (χ2n) is 5.21. The van der Waals surface area contributed by atoms with E-state index in [4.69, 9.17) is 0 Å². The minimum absolute atomic E-state index is 0.104. The zero-order chi connectivity index (χ0) is 13.7. The third kappa shape index (κ3) is 4.26. The van der Waals surface area contributed by atoms with E-state index in [9.17, 15) is 4.39 Å². The smallest absolute Gasteiger partial charge is 0.127 e. The number of rotatable bonds is 5. The quantitative estimate of drug-likeness (QED) is 0.889. The molecule has 0 aliphatic carbocycles. The largest absolute Gasteiger partial charge is 0.315 e. The van der Waals surface area contributed by atoms with Gasteiger partial charge in [0.1, 0.15) is 5.82 Å². The van der Waals surface area contributed by atoms with Crippen LogP contribution in [0, 0.1) is 5.82 Å². The van der Waals surface area contributed by atoms with Gasteiger partial charge in [-0.25, -0.2) is 4.39 Å². The van der Waals surface area contributed by atoms with Gasteiger partial charge in [0.2, 0.25) is 0 Å². The molecule has 1 aromatic rings. The monoisotopic (exact) mass is 328 g/mol. The summed E-state index contributed by atoms with van der Waals surface area (Å²) in [5.74, 6) is -0.104. The molecule has 106 valence electrons. The van der Waals surface area contributed by atoms with Crippen LogP contribution < -0.4 is 5.32 Å². The van der Waals surface area contributed by atoms with Gasteiger partial charge < -0.3 is 5.32 Å². The molecule has 0 bridgehead atoms. The Kier molecular flexibility index (Phi) is 5.79. The third-order valence-electron chi connectivity index (χ3n) is 3.68. The fourth-order valence-electron chi connectivity index (χ4n) is 2.71. The molecule has 1 fully saturated rings. The van der Waals surface area contributed by atoms with Crippen LogP contribution in [0.15, 0.2) is 22.7 Å². The molecule has 1 N–H and O–H groups in total. The molecule has 2 rings (SSSR count). The van der Waals surface area contributed by atoms with Gasteiger partial charge >= 0.3 is 0 Å². The molecule has 1 saturated heterocycles. The maximum absolute atomic E-state index is 13.9. The Bertz CT molecular complexity index is 405. The van der Waals surface area contributed by atoms with Crippen molar-refractivity contribution in [3.05, 3.63) is 34.1 Å². The summed E-state index contributed by atoms with van der Waals surface area (Å²) in [5, 5.41) is 3.44. The molecule has 1 atom stereocenters. The standard InChI is InChI=1S/C15H22BrFN2/c1-2-8-19(14-4-3-7-18-10-14)11-12-9-13(16)5-6-15(12)17/h5-6,9,14,18H,2-4,7-8,10-11H2,1H3. The summed E-state index contributed by atoms with van der Waals surface area (Å²) in [4.78, 5) is 2.41. The molecule has 0 aromatic heterocycles. The summed E-state index contributed by atoms with van der Waals surface area (Å²) >= 11 is 3.42. The van der Waals surface area contributed by atoms with Gasteiger partial charge in [-0.05, 0) is 50.6 Å². The zero-order valence-corrected chi connectivity index (χ0v) is 13.0. The van der Waals surface area contributed by atoms with E-state index in [1.807, 2.05) is 6.07 Å². The molecule has 1 aliphatic rings. The van der Waals surface area contributed by atoms with Gasteiger partial charge in [-0.1, -0.05) is 22.9 Å². The van der Waals surface area contributed by atoms with Crippen LogP contribution in [0.1, 0.15) is 31.7 Å². The summed E-state index contributed by atoms with van der Waals surface area (Å²) in [6, 6.07) is 5.73. The Labute approximate surface area is 123 Å². The first-order valence-corrected chi connectivity index (χ1v) is 7.88. The highest BCUT2D eigenvalue weighted by Gasteiger charge is 2.21. The summed E-state index contributed by atoms with van der Waals surface area (Å²) in [6.07, 6.45) is 3.53. The number of nitrogens with zero attached hydrogens (tertiary/aromatic N) is 1. The first kappa shape index (κ1) is 14.9. The molecule has 2 nitrogen and oxygen atoms in total. The van der Waals surface area contributed by atoms with E-state index in [0.29, 0.717) is 12.6 Å². The number of halogens is 2. The number of nitrogens with one attached hydrogen (secondary N) is 1. The topological polar surface area (TPSA) is 15.3 Å². The van der Waals surface area contributed by atoms with E-state index in [0.717, 1.165) is 36.1 Å². The lowest BCUT2D eigenvalue weighted by molar-refractivity contribution is 0.156. The molecule has 0 amide bonds. The molecule has 1 heterocycles. The highest BCUT2D eigenvalue weighted by atomic mass is 79.9. The first-order valence-electron chi connectivity index (χ1n) is 7.09. The fraction of sp³-hybridized carbons (Fsp3) is 0.600. The lowest BCUT2D eigenvalue weighted by atomic mass is 10.0. The molecule has 0 spiro atoms. The molecular weight excluding hydrogens is 307 g/mol. The van der Waals surface area contributed by atoms with Crippen molar-refractivity contribution in [3.8, 4) is 0 Å². The average molecular weight is 329 g/mol. The lowest BCUT2D eigenvalue weighted by Crippen LogP contribution is -2.46. The molecular formula is C15H22BrFN2. The highest BCUT2D eigenvalue weighted by Crippen LogP contribution is 2.20. The molecule has 1 aliphatic heterocycles. The van der Waals surface area contributed by atoms with Crippen LogP contribution in [0.2, 0.25) is 0 Å². The Morgan fingerprint density at radius 1 is 1.47 bits per heavy atom. The van der Waals surface area contributed by atoms with Gasteiger partial charge in [-0.3, -0.25) is 4.90 Å². The van der Waals surface area contributed by atoms with Crippen molar-refractivity contribution in [2.75, 3.05) is 19.6 Å². The number of hydrogen-bond donors (Lipinski definition) is 1. The summed E-state index contributed by atoms with van der Waals surface area (Å²) in [6.45, 7) is 6.04. The zero-order valence-electron chi connectivity index (χ0n) is 11.5. The highest BCUT2D eigenvalue weighted by molar-refractivity contribution is 9.10. The van der Waals surface area contributed by atoms with E-state index in [2.05, 4.69) is 33.1 Å². The van der Waals surface area contributed by atoms with E-state index < -0.39 is 0 Å². The minimum Gasteiger partial charge on any atom is -0.315 e. The fourth-order valence-corrected chi connectivity index (χ4v) is 3.11. The van der Waals surface area contributed by atoms with Crippen molar-refractivity contribution in [3.63, 3.8) is 0 Å². The van der Waals surface area contributed by atoms with Gasteiger partial charge in [0.05, 0.1) is 0 Å². The van der Waals surface area contributed by atoms with Crippen LogP contribution >= 0.6 is 15.9 Å². The van der Waals surface area contributed by atoms with Crippen molar-refractivity contribution in [2.45, 2.75) is 38.8 Å². The second kappa shape index (κ2) is 7.36. The second-order valence-corrected chi connectivity index (χ2v) is 6.12. The van der Waals surface area contributed by atoms with Crippen molar-refractivity contribution in [1.29, 1.82) is 0 Å². The van der Waals surface area contributed by atoms with Crippen LogP contribution in [0.5, 0.6) is 0 Å². The molecule has 19 heavy (non-hydrogen) atoms. The molecule has 0 radical (unpaired) electrons. The van der Waals surface area contributed by atoms with E-state index in [-0.39, 0.29) is 5.82 Å². The maximum atomic E-state index is 13.9. The van der Waals surface area contributed by atoms with Gasteiger partial charge in [-0.15, -0.1) is 0 Å². The Hall–Kier alpha value is -0.450. The van der Waals surface area contributed by atoms with Gasteiger partial charge in [0, 0.05) is 29.2 Å². The molecule has 0 saturated carbocycles. The van der Waals surface area contributed by atoms with Crippen LogP contribution in [0.4, 0.5) is 4.39 Å². The molecule has 4 heteroatoms. The summed E-state index contributed by atoms with van der Waals surface area (Å²) in [5.41, 5.74) is 0.786. The Morgan fingerprint density at radius 2 is 2.32 bits per heavy atom. The van der Waals surface area contributed by atoms with Gasteiger partial charge in [0.15, 0.2) is 0 Å². The predicted octanol–water partition coefficient (Wildman–Crippen LogP) is 3.55. The average Bonchev–Trinajstić information content (AvgIpc) is 2.43. The van der Waals surface area contributed by atoms with Gasteiger partial charge in [0.25, 0.3) is 0 Å². The first-order chi connectivity index (χ1) is 9.20. The maximum Gasteiger partial charge on any atom is 0.127 e. The number of hydrogen-bond acceptors (Lipinski definition) is 2. The van der Waals surface area contributed by atoms with Crippen LogP contribution in [0.3, 0.4) is 0 Å². The van der Waals surface area contributed by atoms with Crippen molar-refractivity contribution in [1.82, 2.24) is 10.2 Å².